The molecular weight excluding hydrogens is 377 g/mol. The molecule has 0 saturated heterocycles. The minimum atomic E-state index is -0.595. The molecule has 2 aromatic carbocycles. The van der Waals surface area contributed by atoms with Crippen LogP contribution in [0.4, 0.5) is 10.1 Å². The molecule has 1 amide bonds. The number of thioether (sulfide) groups is 1. The van der Waals surface area contributed by atoms with Crippen LogP contribution in [-0.4, -0.2) is 21.4 Å². The van der Waals surface area contributed by atoms with Gasteiger partial charge < -0.3 is 9.73 Å². The van der Waals surface area contributed by atoms with Gasteiger partial charge in [0.1, 0.15) is 5.82 Å². The fraction of sp³-hybridized carbons (Fsp3) is 0.167. The molecular formula is C18H15ClFN3O2S. The molecule has 1 heterocycles. The number of amides is 1. The van der Waals surface area contributed by atoms with Crippen molar-refractivity contribution in [3.63, 3.8) is 0 Å². The zero-order chi connectivity index (χ0) is 18.7. The Morgan fingerprint density at radius 3 is 2.81 bits per heavy atom. The Hall–Kier alpha value is -2.38. The van der Waals surface area contributed by atoms with E-state index in [1.54, 1.807) is 6.92 Å². The molecule has 0 aliphatic carbocycles. The van der Waals surface area contributed by atoms with Crippen molar-refractivity contribution in [2.75, 3.05) is 5.32 Å². The van der Waals surface area contributed by atoms with Gasteiger partial charge in [0.05, 0.1) is 10.9 Å². The summed E-state index contributed by atoms with van der Waals surface area (Å²) in [6, 6.07) is 11.7. The molecule has 0 spiro atoms. The normalized spacial score (nSPS) is 12.0. The molecule has 3 rings (SSSR count). The van der Waals surface area contributed by atoms with Gasteiger partial charge in [-0.3, -0.25) is 4.79 Å². The van der Waals surface area contributed by atoms with Crippen LogP contribution in [0.3, 0.4) is 0 Å². The fourth-order valence-corrected chi connectivity index (χ4v) is 3.02. The summed E-state index contributed by atoms with van der Waals surface area (Å²) in [5.41, 5.74) is 1.95. The molecule has 0 radical (unpaired) electrons. The molecule has 1 aromatic heterocycles. The van der Waals surface area contributed by atoms with E-state index in [4.69, 9.17) is 16.0 Å². The third-order valence-electron chi connectivity index (χ3n) is 3.51. The Balaban J connectivity index is 1.66. The number of rotatable bonds is 5. The van der Waals surface area contributed by atoms with E-state index in [1.807, 2.05) is 31.2 Å². The van der Waals surface area contributed by atoms with Gasteiger partial charge in [-0.2, -0.15) is 0 Å². The number of carbonyl (C=O) groups is 1. The maximum atomic E-state index is 13.8. The number of nitrogens with zero attached hydrogens (tertiary/aromatic N) is 2. The zero-order valence-electron chi connectivity index (χ0n) is 14.0. The number of anilines is 1. The molecule has 0 saturated carbocycles. The third kappa shape index (κ3) is 4.42. The molecule has 5 nitrogen and oxygen atoms in total. The maximum absolute atomic E-state index is 13.8. The van der Waals surface area contributed by atoms with Crippen LogP contribution in [0, 0.1) is 12.7 Å². The van der Waals surface area contributed by atoms with Gasteiger partial charge in [-0.1, -0.05) is 41.1 Å². The molecule has 8 heteroatoms. The van der Waals surface area contributed by atoms with Crippen molar-refractivity contribution in [1.29, 1.82) is 0 Å². The van der Waals surface area contributed by atoms with E-state index >= 15 is 0 Å². The van der Waals surface area contributed by atoms with Crippen LogP contribution in [0.5, 0.6) is 0 Å². The number of carbonyl (C=O) groups excluding carboxylic acids is 1. The topological polar surface area (TPSA) is 68.0 Å². The largest absolute Gasteiger partial charge is 0.411 e. The zero-order valence-corrected chi connectivity index (χ0v) is 15.6. The second-order valence-corrected chi connectivity index (χ2v) is 7.34. The van der Waals surface area contributed by atoms with E-state index < -0.39 is 11.1 Å². The van der Waals surface area contributed by atoms with E-state index in [2.05, 4.69) is 15.5 Å². The average Bonchev–Trinajstić information content (AvgIpc) is 3.06. The SMILES string of the molecule is Cc1cccc(-c2nnc(S[C@@H](C)C(=O)Nc3ccc(Cl)cc3F)o2)c1. The van der Waals surface area contributed by atoms with Crippen LogP contribution in [0.25, 0.3) is 11.5 Å². The Morgan fingerprint density at radius 1 is 1.27 bits per heavy atom. The van der Waals surface area contributed by atoms with Crippen LogP contribution in [0.15, 0.2) is 52.1 Å². The summed E-state index contributed by atoms with van der Waals surface area (Å²) in [5.74, 6) is -0.596. The van der Waals surface area contributed by atoms with Gasteiger partial charge in [0.25, 0.3) is 5.22 Å². The lowest BCUT2D eigenvalue weighted by Crippen LogP contribution is -2.23. The summed E-state index contributed by atoms with van der Waals surface area (Å²) in [7, 11) is 0. The van der Waals surface area contributed by atoms with Crippen molar-refractivity contribution in [3.05, 3.63) is 58.9 Å². The predicted octanol–water partition coefficient (Wildman–Crippen LogP) is 4.96. The quantitative estimate of drug-likeness (QED) is 0.623. The summed E-state index contributed by atoms with van der Waals surface area (Å²) in [6.45, 7) is 3.64. The first-order valence-electron chi connectivity index (χ1n) is 7.75. The van der Waals surface area contributed by atoms with Crippen molar-refractivity contribution in [1.82, 2.24) is 10.2 Å². The first kappa shape index (κ1) is 18.4. The highest BCUT2D eigenvalue weighted by molar-refractivity contribution is 8.00. The second-order valence-electron chi connectivity index (χ2n) is 5.62. The van der Waals surface area contributed by atoms with Crippen molar-refractivity contribution in [2.45, 2.75) is 24.3 Å². The summed E-state index contributed by atoms with van der Waals surface area (Å²) < 4.78 is 19.4. The third-order valence-corrected chi connectivity index (χ3v) is 4.68. The molecule has 3 aromatic rings. The highest BCUT2D eigenvalue weighted by atomic mass is 35.5. The lowest BCUT2D eigenvalue weighted by molar-refractivity contribution is -0.115. The molecule has 26 heavy (non-hydrogen) atoms. The minimum Gasteiger partial charge on any atom is -0.411 e. The molecule has 1 atom stereocenters. The van der Waals surface area contributed by atoms with Gasteiger partial charge in [-0.15, -0.1) is 10.2 Å². The smallest absolute Gasteiger partial charge is 0.277 e. The monoisotopic (exact) mass is 391 g/mol. The summed E-state index contributed by atoms with van der Waals surface area (Å²) in [6.07, 6.45) is 0. The summed E-state index contributed by atoms with van der Waals surface area (Å²) in [4.78, 5) is 12.3. The van der Waals surface area contributed by atoms with E-state index in [0.29, 0.717) is 5.89 Å². The van der Waals surface area contributed by atoms with Crippen LogP contribution in [0.1, 0.15) is 12.5 Å². The van der Waals surface area contributed by atoms with Gasteiger partial charge in [-0.25, -0.2) is 4.39 Å². The number of aromatic nitrogens is 2. The first-order chi connectivity index (χ1) is 12.4. The highest BCUT2D eigenvalue weighted by Gasteiger charge is 2.20. The average molecular weight is 392 g/mol. The fourth-order valence-electron chi connectivity index (χ4n) is 2.18. The van der Waals surface area contributed by atoms with Gasteiger partial charge in [0.2, 0.25) is 11.8 Å². The minimum absolute atomic E-state index is 0.0674. The highest BCUT2D eigenvalue weighted by Crippen LogP contribution is 2.27. The lowest BCUT2D eigenvalue weighted by Gasteiger charge is -2.10. The second kappa shape index (κ2) is 7.88. The molecule has 134 valence electrons. The predicted molar refractivity (Wildman–Crippen MR) is 99.8 cm³/mol. The van der Waals surface area contributed by atoms with Gasteiger partial charge >= 0.3 is 0 Å². The van der Waals surface area contributed by atoms with Crippen molar-refractivity contribution in [2.24, 2.45) is 0 Å². The number of hydrogen-bond donors (Lipinski definition) is 1. The van der Waals surface area contributed by atoms with Gasteiger partial charge in [0, 0.05) is 10.6 Å². The van der Waals surface area contributed by atoms with Crippen LogP contribution >= 0.6 is 23.4 Å². The van der Waals surface area contributed by atoms with E-state index in [1.165, 1.54) is 12.1 Å². The summed E-state index contributed by atoms with van der Waals surface area (Å²) >= 11 is 6.80. The molecule has 0 fully saturated rings. The molecule has 0 aliphatic heterocycles. The van der Waals surface area contributed by atoms with Crippen molar-refractivity contribution < 1.29 is 13.6 Å². The number of nitrogens with one attached hydrogen (secondary N) is 1. The van der Waals surface area contributed by atoms with Gasteiger partial charge in [0.15, 0.2) is 0 Å². The Labute approximate surface area is 159 Å². The van der Waals surface area contributed by atoms with E-state index in [0.717, 1.165) is 29.0 Å². The molecule has 0 unspecified atom stereocenters. The van der Waals surface area contributed by atoms with Gasteiger partial charge in [-0.05, 0) is 44.2 Å². The first-order valence-corrected chi connectivity index (χ1v) is 9.01. The number of halogens is 2. The van der Waals surface area contributed by atoms with Crippen LogP contribution < -0.4 is 5.32 Å². The van der Waals surface area contributed by atoms with Crippen LogP contribution in [-0.2, 0) is 4.79 Å². The Morgan fingerprint density at radius 2 is 2.08 bits per heavy atom. The number of aryl methyl sites for hydroxylation is 1. The lowest BCUT2D eigenvalue weighted by atomic mass is 10.1. The number of benzene rings is 2. The Kier molecular flexibility index (Phi) is 5.58. The molecule has 0 aliphatic rings. The molecule has 1 N–H and O–H groups in total. The van der Waals surface area contributed by atoms with E-state index in [9.17, 15) is 9.18 Å². The molecule has 0 bridgehead atoms. The van der Waals surface area contributed by atoms with E-state index in [-0.39, 0.29) is 21.8 Å². The van der Waals surface area contributed by atoms with Crippen LogP contribution in [0.2, 0.25) is 5.02 Å². The van der Waals surface area contributed by atoms with Crippen molar-refractivity contribution in [3.8, 4) is 11.5 Å². The standard InChI is InChI=1S/C18H15ClFN3O2S/c1-10-4-3-5-12(8-10)17-22-23-18(25-17)26-11(2)16(24)21-15-7-6-13(19)9-14(15)20/h3-9,11H,1-2H3,(H,21,24)/t11-/m0/s1. The summed E-state index contributed by atoms with van der Waals surface area (Å²) in [5, 5.41) is 10.4. The number of hydrogen-bond acceptors (Lipinski definition) is 5. The van der Waals surface area contributed by atoms with Crippen molar-refractivity contribution >= 4 is 35.0 Å². The Bertz CT molecular complexity index is 948. The maximum Gasteiger partial charge on any atom is 0.277 e.